The van der Waals surface area contributed by atoms with Crippen molar-refractivity contribution < 1.29 is 0 Å². The molecule has 0 amide bonds. The third-order valence-electron chi connectivity index (χ3n) is 17.6. The van der Waals surface area contributed by atoms with Crippen molar-refractivity contribution in [2.45, 2.75) is 83.5 Å². The maximum Gasteiger partial charge on any atom is 0.0465 e. The first-order chi connectivity index (χ1) is 34.9. The van der Waals surface area contributed by atoms with E-state index in [0.717, 1.165) is 0 Å². The van der Waals surface area contributed by atoms with Gasteiger partial charge in [0, 0.05) is 33.3 Å². The van der Waals surface area contributed by atoms with E-state index in [0.29, 0.717) is 5.92 Å². The fraction of sp³-hybridized carbons (Fsp3) is 0.183. The molecule has 10 aromatic rings. The Bertz CT molecular complexity index is 3930. The van der Waals surface area contributed by atoms with Crippen molar-refractivity contribution in [3.63, 3.8) is 0 Å². The van der Waals surface area contributed by atoms with Gasteiger partial charge >= 0.3 is 0 Å². The normalized spacial score (nSPS) is 15.9. The number of benzene rings is 10. The molecule has 0 aliphatic heterocycles. The number of fused-ring (bicyclic) bond motifs is 10. The molecule has 0 heterocycles. The van der Waals surface area contributed by atoms with Crippen LogP contribution in [-0.4, -0.2) is 0 Å². The Morgan fingerprint density at radius 3 is 1.33 bits per heavy atom. The predicted octanol–water partition coefficient (Wildman–Crippen LogP) is 19.4. The minimum Gasteiger partial charge on any atom is -0.310 e. The molecule has 0 spiro atoms. The molecular formula is C71H59N. The molecule has 1 fully saturated rings. The minimum atomic E-state index is -0.221. The lowest BCUT2D eigenvalue weighted by molar-refractivity contribution is 0.659. The first-order valence-corrected chi connectivity index (χ1v) is 26.2. The highest BCUT2D eigenvalue weighted by Gasteiger charge is 2.40. The average Bonchev–Trinajstić information content (AvgIpc) is 4.15. The van der Waals surface area contributed by atoms with Gasteiger partial charge in [0.1, 0.15) is 0 Å². The van der Waals surface area contributed by atoms with Crippen LogP contribution in [0.1, 0.15) is 105 Å². The summed E-state index contributed by atoms with van der Waals surface area (Å²) in [4.78, 5) is 2.54. The second-order valence-electron chi connectivity index (χ2n) is 22.9. The van der Waals surface area contributed by atoms with E-state index in [1.165, 1.54) is 152 Å². The van der Waals surface area contributed by atoms with Crippen molar-refractivity contribution in [1.29, 1.82) is 0 Å². The van der Waals surface area contributed by atoms with Crippen LogP contribution in [0.3, 0.4) is 0 Å². The van der Waals surface area contributed by atoms with Gasteiger partial charge in [-0.25, -0.2) is 0 Å². The first kappa shape index (κ1) is 43.1. The lowest BCUT2D eigenvalue weighted by atomic mass is 9.80. The zero-order chi connectivity index (χ0) is 48.8. The van der Waals surface area contributed by atoms with E-state index in [1.807, 2.05) is 0 Å². The van der Waals surface area contributed by atoms with E-state index in [-0.39, 0.29) is 16.2 Å². The summed E-state index contributed by atoms with van der Waals surface area (Å²) in [7, 11) is 0. The van der Waals surface area contributed by atoms with Crippen molar-refractivity contribution in [2.24, 2.45) is 0 Å². The molecule has 1 saturated carbocycles. The third-order valence-corrected chi connectivity index (χ3v) is 17.6. The Labute approximate surface area is 425 Å². The second-order valence-corrected chi connectivity index (χ2v) is 22.9. The van der Waals surface area contributed by atoms with Gasteiger partial charge in [0.25, 0.3) is 0 Å². The smallest absolute Gasteiger partial charge is 0.0465 e. The molecule has 1 heteroatoms. The van der Waals surface area contributed by atoms with E-state index in [1.54, 1.807) is 0 Å². The molecule has 0 radical (unpaired) electrons. The van der Waals surface area contributed by atoms with Gasteiger partial charge in [-0.05, 0) is 202 Å². The fourth-order valence-corrected chi connectivity index (χ4v) is 13.5. The minimum absolute atomic E-state index is 0.129. The van der Waals surface area contributed by atoms with Crippen molar-refractivity contribution >= 4 is 27.8 Å². The number of anilines is 3. The van der Waals surface area contributed by atoms with Crippen LogP contribution in [0.4, 0.5) is 17.1 Å². The Hall–Kier alpha value is -7.74. The molecule has 1 nitrogen and oxygen atoms in total. The van der Waals surface area contributed by atoms with Crippen LogP contribution in [-0.2, 0) is 16.2 Å². The van der Waals surface area contributed by atoms with Crippen molar-refractivity contribution in [3.05, 3.63) is 245 Å². The Morgan fingerprint density at radius 1 is 0.319 bits per heavy atom. The SMILES string of the molecule is Cc1ccccc1-c1cccc(-c2ccc3c(c2)C(C)(C)c2cc(N(c4ccc5c(c4)C(C)(C)c4ccccc4-5)c4ccc5c(c4)C(C)(C)c4cc(-c6ccc7ccccc7c6)ccc4-5)ccc2-3)c1C1CC1. The summed E-state index contributed by atoms with van der Waals surface area (Å²) < 4.78 is 0. The number of hydrogen-bond acceptors (Lipinski definition) is 1. The topological polar surface area (TPSA) is 3.24 Å². The summed E-state index contributed by atoms with van der Waals surface area (Å²) in [5.41, 5.74) is 30.1. The summed E-state index contributed by atoms with van der Waals surface area (Å²) in [5.74, 6) is 0.605. The molecule has 4 aliphatic rings. The Kier molecular flexibility index (Phi) is 9.20. The zero-order valence-electron chi connectivity index (χ0n) is 42.5. The van der Waals surface area contributed by atoms with Gasteiger partial charge in [0.15, 0.2) is 0 Å². The fourth-order valence-electron chi connectivity index (χ4n) is 13.5. The number of rotatable bonds is 7. The summed E-state index contributed by atoms with van der Waals surface area (Å²) in [6, 6.07) is 76.7. The molecule has 348 valence electrons. The molecule has 4 aliphatic carbocycles. The van der Waals surface area contributed by atoms with Gasteiger partial charge in [0.05, 0.1) is 0 Å². The van der Waals surface area contributed by atoms with Crippen LogP contribution in [0.15, 0.2) is 200 Å². The Balaban J connectivity index is 0.886. The lowest BCUT2D eigenvalue weighted by Gasteiger charge is -2.31. The molecule has 14 rings (SSSR count). The molecule has 10 aromatic carbocycles. The quantitative estimate of drug-likeness (QED) is 0.154. The molecule has 0 N–H and O–H groups in total. The van der Waals surface area contributed by atoms with Gasteiger partial charge < -0.3 is 4.90 Å². The molecular weight excluding hydrogens is 867 g/mol. The third kappa shape index (κ3) is 6.32. The van der Waals surface area contributed by atoms with Gasteiger partial charge in [-0.3, -0.25) is 0 Å². The molecule has 0 saturated heterocycles. The highest BCUT2D eigenvalue weighted by atomic mass is 15.1. The number of hydrogen-bond donors (Lipinski definition) is 0. The van der Waals surface area contributed by atoms with E-state index in [4.69, 9.17) is 0 Å². The molecule has 0 aromatic heterocycles. The summed E-state index contributed by atoms with van der Waals surface area (Å²) >= 11 is 0. The molecule has 72 heavy (non-hydrogen) atoms. The van der Waals surface area contributed by atoms with Crippen LogP contribution < -0.4 is 4.90 Å². The molecule has 0 atom stereocenters. The van der Waals surface area contributed by atoms with Gasteiger partial charge in [-0.15, -0.1) is 0 Å². The van der Waals surface area contributed by atoms with E-state index >= 15 is 0 Å². The summed E-state index contributed by atoms with van der Waals surface area (Å²) in [6.07, 6.45) is 2.51. The van der Waals surface area contributed by atoms with Crippen molar-refractivity contribution in [1.82, 2.24) is 0 Å². The van der Waals surface area contributed by atoms with Crippen LogP contribution in [0, 0.1) is 6.92 Å². The van der Waals surface area contributed by atoms with Gasteiger partial charge in [0.2, 0.25) is 0 Å². The monoisotopic (exact) mass is 925 g/mol. The lowest BCUT2D eigenvalue weighted by Crippen LogP contribution is -2.19. The van der Waals surface area contributed by atoms with Gasteiger partial charge in [-0.2, -0.15) is 0 Å². The summed E-state index contributed by atoms with van der Waals surface area (Å²) in [5, 5.41) is 2.54. The second kappa shape index (κ2) is 15.4. The number of nitrogens with zero attached hydrogens (tertiary/aromatic N) is 1. The van der Waals surface area contributed by atoms with Crippen LogP contribution in [0.25, 0.3) is 77.5 Å². The molecule has 0 unspecified atom stereocenters. The Morgan fingerprint density at radius 2 is 0.736 bits per heavy atom. The maximum atomic E-state index is 2.54. The van der Waals surface area contributed by atoms with Crippen LogP contribution in [0.5, 0.6) is 0 Å². The standard InChI is InChI=1S/C71H59N/c1-43-15-8-11-18-53(43)61-21-14-20-54(68(61)45-24-25-45)49-28-33-57-60-36-31-52(42-67(60)71(6,7)64(57)39-49)72(50-29-34-58-55-19-12-13-22-62(55)69(2,3)65(58)40-50)51-30-35-59-56-32-27-48(38-63(56)70(4,5)66(59)41-51)47-26-23-44-16-9-10-17-46(44)37-47/h8-23,26-42,45H,24-25H2,1-7H3. The molecule has 0 bridgehead atoms. The predicted molar refractivity (Wildman–Crippen MR) is 304 cm³/mol. The maximum absolute atomic E-state index is 2.54. The van der Waals surface area contributed by atoms with E-state index in [2.05, 4.69) is 254 Å². The van der Waals surface area contributed by atoms with E-state index in [9.17, 15) is 0 Å². The van der Waals surface area contributed by atoms with E-state index < -0.39 is 0 Å². The first-order valence-electron chi connectivity index (χ1n) is 26.2. The highest BCUT2D eigenvalue weighted by Crippen LogP contribution is 2.57. The zero-order valence-corrected chi connectivity index (χ0v) is 42.5. The van der Waals surface area contributed by atoms with Crippen molar-refractivity contribution in [3.8, 4) is 66.8 Å². The van der Waals surface area contributed by atoms with Gasteiger partial charge in [-0.1, -0.05) is 187 Å². The van der Waals surface area contributed by atoms with Crippen LogP contribution in [0.2, 0.25) is 0 Å². The summed E-state index contributed by atoms with van der Waals surface area (Å²) in [6.45, 7) is 16.8. The number of aryl methyl sites for hydroxylation is 1. The largest absolute Gasteiger partial charge is 0.310 e. The van der Waals surface area contributed by atoms with Crippen molar-refractivity contribution in [2.75, 3.05) is 4.90 Å². The van der Waals surface area contributed by atoms with Crippen LogP contribution >= 0.6 is 0 Å². The average molecular weight is 926 g/mol. The highest BCUT2D eigenvalue weighted by molar-refractivity contribution is 5.93.